The quantitative estimate of drug-likeness (QED) is 0.462. The number of halogens is 4. The zero-order valence-corrected chi connectivity index (χ0v) is 19.6. The summed E-state index contributed by atoms with van der Waals surface area (Å²) in [7, 11) is -2.51. The standard InChI is InChI=1S/C21H24ClF3N2O5S/c1-31-16-5-3-6-17(14-16)32-12-10-26-20(28)7-4-11-27(33(2,29)30)19-9-8-15(22)13-18(19)21(23,24)25/h3,5-6,8-9,13-14H,4,7,10-12H2,1-2H3,(H,26,28). The largest absolute Gasteiger partial charge is 0.497 e. The summed E-state index contributed by atoms with van der Waals surface area (Å²) in [5.41, 5.74) is -1.71. The zero-order valence-electron chi connectivity index (χ0n) is 18.0. The summed E-state index contributed by atoms with van der Waals surface area (Å²) in [6.07, 6.45) is -4.07. The van der Waals surface area contributed by atoms with E-state index >= 15 is 0 Å². The third-order valence-corrected chi connectivity index (χ3v) is 5.85. The van der Waals surface area contributed by atoms with Crippen molar-refractivity contribution >= 4 is 33.2 Å². The first kappa shape index (κ1) is 26.6. The molecule has 0 aromatic heterocycles. The van der Waals surface area contributed by atoms with Gasteiger partial charge in [0.2, 0.25) is 15.9 Å². The molecule has 0 unspecified atom stereocenters. The van der Waals surface area contributed by atoms with E-state index in [0.29, 0.717) is 21.9 Å². The molecule has 1 amide bonds. The summed E-state index contributed by atoms with van der Waals surface area (Å²) in [4.78, 5) is 12.0. The molecule has 7 nitrogen and oxygen atoms in total. The number of benzene rings is 2. The van der Waals surface area contributed by atoms with Gasteiger partial charge in [-0.1, -0.05) is 17.7 Å². The molecule has 0 atom stereocenters. The summed E-state index contributed by atoms with van der Waals surface area (Å²) in [5, 5.41) is 2.45. The number of methoxy groups -OCH3 is 1. The first-order chi connectivity index (χ1) is 15.4. The summed E-state index contributed by atoms with van der Waals surface area (Å²) >= 11 is 5.67. The van der Waals surface area contributed by atoms with Gasteiger partial charge in [0.15, 0.2) is 0 Å². The highest BCUT2D eigenvalue weighted by Crippen LogP contribution is 2.39. The highest BCUT2D eigenvalue weighted by molar-refractivity contribution is 7.92. The number of carbonyl (C=O) groups excluding carboxylic acids is 1. The molecule has 0 saturated heterocycles. The second-order valence-electron chi connectivity index (χ2n) is 6.98. The molecule has 2 aromatic rings. The van der Waals surface area contributed by atoms with E-state index < -0.39 is 27.5 Å². The van der Waals surface area contributed by atoms with Crippen LogP contribution in [-0.2, 0) is 21.0 Å². The van der Waals surface area contributed by atoms with Crippen LogP contribution in [0.25, 0.3) is 0 Å². The normalized spacial score (nSPS) is 11.7. The number of hydrogen-bond donors (Lipinski definition) is 1. The van der Waals surface area contributed by atoms with Crippen molar-refractivity contribution in [3.63, 3.8) is 0 Å². The zero-order chi connectivity index (χ0) is 24.6. The molecule has 0 aliphatic rings. The molecule has 182 valence electrons. The van der Waals surface area contributed by atoms with Gasteiger partial charge in [-0.3, -0.25) is 9.10 Å². The molecule has 2 rings (SSSR count). The lowest BCUT2D eigenvalue weighted by Gasteiger charge is -2.25. The second kappa shape index (κ2) is 11.5. The fourth-order valence-corrected chi connectivity index (χ4v) is 4.09. The van der Waals surface area contributed by atoms with E-state index in [1.807, 2.05) is 0 Å². The van der Waals surface area contributed by atoms with Crippen molar-refractivity contribution in [3.8, 4) is 11.5 Å². The van der Waals surface area contributed by atoms with Gasteiger partial charge >= 0.3 is 6.18 Å². The number of rotatable bonds is 11. The average molecular weight is 509 g/mol. The molecule has 12 heteroatoms. The Hall–Kier alpha value is -2.66. The number of carbonyl (C=O) groups is 1. The van der Waals surface area contributed by atoms with Crippen molar-refractivity contribution in [3.05, 3.63) is 53.1 Å². The van der Waals surface area contributed by atoms with E-state index in [0.717, 1.165) is 12.3 Å². The van der Waals surface area contributed by atoms with Gasteiger partial charge in [-0.2, -0.15) is 13.2 Å². The number of hydrogen-bond acceptors (Lipinski definition) is 5. The Morgan fingerprint density at radius 3 is 2.48 bits per heavy atom. The third-order valence-electron chi connectivity index (χ3n) is 4.43. The van der Waals surface area contributed by atoms with Crippen molar-refractivity contribution < 1.29 is 35.9 Å². The van der Waals surface area contributed by atoms with Crippen molar-refractivity contribution in [1.82, 2.24) is 5.32 Å². The summed E-state index contributed by atoms with van der Waals surface area (Å²) in [6, 6.07) is 9.79. The first-order valence-electron chi connectivity index (χ1n) is 9.80. The minimum Gasteiger partial charge on any atom is -0.497 e. The lowest BCUT2D eigenvalue weighted by atomic mass is 10.1. The summed E-state index contributed by atoms with van der Waals surface area (Å²) < 4.78 is 75.7. The van der Waals surface area contributed by atoms with Crippen LogP contribution in [0.15, 0.2) is 42.5 Å². The molecule has 0 aliphatic carbocycles. The van der Waals surface area contributed by atoms with Crippen LogP contribution in [-0.4, -0.2) is 47.4 Å². The lowest BCUT2D eigenvalue weighted by Crippen LogP contribution is -2.34. The van der Waals surface area contributed by atoms with Gasteiger partial charge in [0.1, 0.15) is 18.1 Å². The maximum Gasteiger partial charge on any atom is 0.418 e. The fourth-order valence-electron chi connectivity index (χ4n) is 2.94. The van der Waals surface area contributed by atoms with Gasteiger partial charge in [-0.25, -0.2) is 8.42 Å². The van der Waals surface area contributed by atoms with Gasteiger partial charge in [0.25, 0.3) is 0 Å². The van der Waals surface area contributed by atoms with Gasteiger partial charge in [0, 0.05) is 24.1 Å². The van der Waals surface area contributed by atoms with Gasteiger partial charge in [-0.15, -0.1) is 0 Å². The van der Waals surface area contributed by atoms with Crippen LogP contribution >= 0.6 is 11.6 Å². The number of ether oxygens (including phenoxy) is 2. The van der Waals surface area contributed by atoms with Gasteiger partial charge < -0.3 is 14.8 Å². The number of sulfonamides is 1. The molecule has 2 aromatic carbocycles. The topological polar surface area (TPSA) is 84.9 Å². The molecule has 33 heavy (non-hydrogen) atoms. The molecule has 0 bridgehead atoms. The third kappa shape index (κ3) is 8.32. The highest BCUT2D eigenvalue weighted by Gasteiger charge is 2.36. The maximum atomic E-state index is 13.4. The van der Waals surface area contributed by atoms with Crippen LogP contribution in [0.5, 0.6) is 11.5 Å². The summed E-state index contributed by atoms with van der Waals surface area (Å²) in [6.45, 7) is 0.0760. The fraction of sp³-hybridized carbons (Fsp3) is 0.381. The molecule has 0 radical (unpaired) electrons. The van der Waals surface area contributed by atoms with E-state index in [1.54, 1.807) is 24.3 Å². The van der Waals surface area contributed by atoms with E-state index in [-0.39, 0.29) is 43.5 Å². The van der Waals surface area contributed by atoms with Crippen LogP contribution in [0.4, 0.5) is 18.9 Å². The second-order valence-corrected chi connectivity index (χ2v) is 9.32. The van der Waals surface area contributed by atoms with Crippen molar-refractivity contribution in [2.45, 2.75) is 19.0 Å². The first-order valence-corrected chi connectivity index (χ1v) is 12.0. The number of amides is 1. The Morgan fingerprint density at radius 2 is 1.85 bits per heavy atom. The predicted molar refractivity (Wildman–Crippen MR) is 119 cm³/mol. The van der Waals surface area contributed by atoms with E-state index in [1.165, 1.54) is 13.2 Å². The molecule has 0 heterocycles. The molecule has 1 N–H and O–H groups in total. The SMILES string of the molecule is COc1cccc(OCCNC(=O)CCCN(c2ccc(Cl)cc2C(F)(F)F)S(C)(=O)=O)c1. The van der Waals surface area contributed by atoms with Crippen molar-refractivity contribution in [1.29, 1.82) is 0 Å². The van der Waals surface area contributed by atoms with Gasteiger partial charge in [0.05, 0.1) is 31.2 Å². The van der Waals surface area contributed by atoms with Crippen molar-refractivity contribution in [2.24, 2.45) is 0 Å². The molecular formula is C21H24ClF3N2O5S. The predicted octanol–water partition coefficient (Wildman–Crippen LogP) is 4.11. The number of nitrogens with one attached hydrogen (secondary N) is 1. The average Bonchev–Trinajstić information content (AvgIpc) is 2.73. The molecule has 0 saturated carbocycles. The Kier molecular flexibility index (Phi) is 9.24. The highest BCUT2D eigenvalue weighted by atomic mass is 35.5. The van der Waals surface area contributed by atoms with E-state index in [9.17, 15) is 26.4 Å². The molecule has 0 spiro atoms. The number of anilines is 1. The maximum absolute atomic E-state index is 13.4. The van der Waals surface area contributed by atoms with Crippen molar-refractivity contribution in [2.75, 3.05) is 37.4 Å². The Labute approximate surface area is 195 Å². The molecule has 0 aliphatic heterocycles. The Balaban J connectivity index is 1.90. The number of nitrogens with zero attached hydrogens (tertiary/aromatic N) is 1. The lowest BCUT2D eigenvalue weighted by molar-refractivity contribution is -0.137. The van der Waals surface area contributed by atoms with Crippen LogP contribution in [0.2, 0.25) is 5.02 Å². The van der Waals surface area contributed by atoms with Crippen LogP contribution in [0, 0.1) is 0 Å². The van der Waals surface area contributed by atoms with Crippen LogP contribution in [0.1, 0.15) is 18.4 Å². The minimum absolute atomic E-state index is 0.00949. The Morgan fingerprint density at radius 1 is 1.15 bits per heavy atom. The Bertz CT molecular complexity index is 1060. The smallest absolute Gasteiger partial charge is 0.418 e. The van der Waals surface area contributed by atoms with Crippen LogP contribution in [0.3, 0.4) is 0 Å². The minimum atomic E-state index is -4.80. The van der Waals surface area contributed by atoms with Crippen LogP contribution < -0.4 is 19.1 Å². The summed E-state index contributed by atoms with van der Waals surface area (Å²) in [5.74, 6) is 0.807. The van der Waals surface area contributed by atoms with Gasteiger partial charge in [-0.05, 0) is 36.8 Å². The van der Waals surface area contributed by atoms with E-state index in [4.69, 9.17) is 21.1 Å². The monoisotopic (exact) mass is 508 g/mol. The molecular weight excluding hydrogens is 485 g/mol. The van der Waals surface area contributed by atoms with E-state index in [2.05, 4.69) is 5.32 Å². The molecule has 0 fully saturated rings. The number of alkyl halides is 3.